The molecule has 2 aliphatic rings. The summed E-state index contributed by atoms with van der Waals surface area (Å²) in [5, 5.41) is 23.5. The van der Waals surface area contributed by atoms with Crippen LogP contribution in [-0.4, -0.2) is 102 Å². The molecule has 6 aromatic rings. The molecule has 0 aliphatic carbocycles. The number of aromatic nitrogens is 4. The number of fused-ring (bicyclic) bond motifs is 4. The largest absolute Gasteiger partial charge is 0.493 e. The molecule has 0 radical (unpaired) electrons. The number of benzene rings is 4. The van der Waals surface area contributed by atoms with Crippen molar-refractivity contribution >= 4 is 131 Å². The minimum atomic E-state index is -5.44. The van der Waals surface area contributed by atoms with Crippen molar-refractivity contribution < 1.29 is 83.8 Å². The molecule has 0 saturated heterocycles. The Kier molecular flexibility index (Phi) is 14.3. The minimum Gasteiger partial charge on any atom is -0.493 e. The third-order valence-corrected chi connectivity index (χ3v) is 15.5. The van der Waals surface area contributed by atoms with Gasteiger partial charge < -0.3 is 30.5 Å². The van der Waals surface area contributed by atoms with Crippen molar-refractivity contribution in [2.45, 2.75) is 45.2 Å². The molecule has 4 heterocycles. The first kappa shape index (κ1) is 55.4. The van der Waals surface area contributed by atoms with Crippen LogP contribution in [0, 0.1) is 12.7 Å². The third kappa shape index (κ3) is 11.2. The molecule has 30 nitrogen and oxygen atoms in total. The highest BCUT2D eigenvalue weighted by atomic mass is 35.5. The van der Waals surface area contributed by atoms with E-state index >= 15 is 0 Å². The van der Waals surface area contributed by atoms with Gasteiger partial charge in [-0.2, -0.15) is 57.0 Å². The number of rotatable bonds is 15. The molecule has 0 spiro atoms. The van der Waals surface area contributed by atoms with Crippen LogP contribution in [0.25, 0.3) is 0 Å². The van der Waals surface area contributed by atoms with E-state index in [0.29, 0.717) is 12.1 Å². The van der Waals surface area contributed by atoms with Crippen LogP contribution in [0.3, 0.4) is 0 Å². The lowest BCUT2D eigenvalue weighted by molar-refractivity contribution is 0.419. The summed E-state index contributed by atoms with van der Waals surface area (Å²) >= 11 is 19.4. The SMILES string of the molecule is Cc1c(N=Nc2cc(Nc3nc(Cl)nc(NC(C)CNc4ccc5c(c4S(=O)(=O)O)Oc4c(Cl)c6c(c(Cl)c4=N5)Oc4c(ccc(F)c4S(=O)(=O)O)N=6)n3)c(S(=O)(=O)O)cc2S(=O)(=O)O)c(O)[nH]c(=O)c1CS(=O)(=O)O. The quantitative estimate of drug-likeness (QED) is 0.0464. The van der Waals surface area contributed by atoms with Crippen molar-refractivity contribution in [3.63, 3.8) is 0 Å². The van der Waals surface area contributed by atoms with E-state index in [1.807, 2.05) is 4.98 Å². The lowest BCUT2D eigenvalue weighted by Crippen LogP contribution is -2.27. The number of nitrogens with zero attached hydrogens (tertiary/aromatic N) is 7. The zero-order valence-electron chi connectivity index (χ0n) is 37.1. The van der Waals surface area contributed by atoms with Crippen LogP contribution in [0.2, 0.25) is 15.3 Å². The van der Waals surface area contributed by atoms with E-state index in [-0.39, 0.29) is 51.9 Å². The Morgan fingerprint density at radius 1 is 0.711 bits per heavy atom. The molecule has 76 heavy (non-hydrogen) atoms. The Labute approximate surface area is 439 Å². The smallest absolute Gasteiger partial charge is 0.301 e. The summed E-state index contributed by atoms with van der Waals surface area (Å²) < 4.78 is 199. The molecule has 1 atom stereocenters. The number of ether oxygens (including phenoxy) is 2. The fourth-order valence-electron chi connectivity index (χ4n) is 7.13. The molecule has 2 aromatic heterocycles. The van der Waals surface area contributed by atoms with Crippen LogP contribution in [0.5, 0.6) is 28.9 Å². The summed E-state index contributed by atoms with van der Waals surface area (Å²) in [6, 6.07) is 4.02. The number of halogens is 4. The van der Waals surface area contributed by atoms with E-state index in [0.717, 1.165) is 19.1 Å². The van der Waals surface area contributed by atoms with Gasteiger partial charge in [0.1, 0.15) is 64.9 Å². The van der Waals surface area contributed by atoms with Crippen molar-refractivity contribution in [2.75, 3.05) is 22.5 Å². The van der Waals surface area contributed by atoms with Crippen LogP contribution in [-0.2, 0) is 56.3 Å². The molecule has 8 rings (SSSR count). The topological polar surface area (TPSA) is 468 Å². The number of aromatic amines is 1. The van der Waals surface area contributed by atoms with Gasteiger partial charge in [0.15, 0.2) is 32.8 Å². The Hall–Kier alpha value is -6.81. The molecule has 0 saturated carbocycles. The minimum absolute atomic E-state index is 0.233. The Morgan fingerprint density at radius 3 is 1.82 bits per heavy atom. The molecule has 2 aliphatic heterocycles. The lowest BCUT2D eigenvalue weighted by atomic mass is 10.1. The number of H-pyrrole nitrogens is 1. The molecular formula is C37H27Cl3FN11O19S5. The molecule has 10 N–H and O–H groups in total. The van der Waals surface area contributed by atoms with Crippen LogP contribution in [0.4, 0.5) is 50.4 Å². The number of pyridine rings is 1. The maximum Gasteiger partial charge on any atom is 0.301 e. The fourth-order valence-corrected chi connectivity index (χ4v) is 11.4. The first-order chi connectivity index (χ1) is 35.1. The standard InChI is InChI=1S/C37H27Cl3FN11O19S5/c1-11(9-42-17-6-5-16-28(32(17)76(67,68)69)71-30-23(39)25-29(22(38)26(30)45-16)70-27-15(44-25)4-3-14(41)31(27)75(64,65)66)43-36-48-35(40)49-37(50-36)46-18-7-19(21(74(61,62)63)8-20(18)73(58,59)60)51-52-24-12(2)13(10-72(55,56)57)33(53)47-34(24)54/h3-8,11,42H,9-10H2,1-2H3,(H2,47,53,54)(H,55,56,57)(H,58,59,60)(H,61,62,63)(H,64,65,66)(H,67,68,69)(H2,43,46,48,49,50). The molecule has 4 aromatic carbocycles. The second kappa shape index (κ2) is 19.6. The fraction of sp³-hybridized carbons (Fsp3) is 0.135. The molecule has 1 unspecified atom stereocenters. The second-order valence-electron chi connectivity index (χ2n) is 15.6. The maximum atomic E-state index is 14.6. The van der Waals surface area contributed by atoms with E-state index in [1.165, 1.54) is 13.0 Å². The number of nitrogens with one attached hydrogen (secondary N) is 4. The molecular weight excluding hydrogens is 1190 g/mol. The lowest BCUT2D eigenvalue weighted by Gasteiger charge is -2.23. The van der Waals surface area contributed by atoms with E-state index in [1.54, 1.807) is 0 Å². The van der Waals surface area contributed by atoms with E-state index in [9.17, 15) is 79.1 Å². The summed E-state index contributed by atoms with van der Waals surface area (Å²) in [7, 11) is -26.1. The van der Waals surface area contributed by atoms with Crippen molar-refractivity contribution in [3.8, 4) is 28.9 Å². The highest BCUT2D eigenvalue weighted by Crippen LogP contribution is 2.48. The van der Waals surface area contributed by atoms with Gasteiger partial charge >= 0.3 is 10.1 Å². The number of azo groups is 1. The van der Waals surface area contributed by atoms with Crippen molar-refractivity contribution in [1.29, 1.82) is 0 Å². The van der Waals surface area contributed by atoms with Gasteiger partial charge in [-0.1, -0.05) is 23.2 Å². The number of hydrogen-bond donors (Lipinski definition) is 10. The van der Waals surface area contributed by atoms with Crippen LogP contribution in [0.15, 0.2) is 81.0 Å². The summed E-state index contributed by atoms with van der Waals surface area (Å²) in [5.41, 5.74) is -5.45. The van der Waals surface area contributed by atoms with Gasteiger partial charge in [-0.15, -0.1) is 10.2 Å². The zero-order chi connectivity index (χ0) is 55.9. The van der Waals surface area contributed by atoms with E-state index in [4.69, 9.17) is 44.3 Å². The molecule has 0 amide bonds. The van der Waals surface area contributed by atoms with Crippen molar-refractivity contribution in [1.82, 2.24) is 19.9 Å². The van der Waals surface area contributed by atoms with Crippen LogP contribution >= 0.6 is 34.8 Å². The van der Waals surface area contributed by atoms with Crippen molar-refractivity contribution in [2.24, 2.45) is 20.2 Å². The predicted octanol–water partition coefficient (Wildman–Crippen LogP) is 5.23. The van der Waals surface area contributed by atoms with Crippen LogP contribution in [0.1, 0.15) is 18.1 Å². The Morgan fingerprint density at radius 2 is 1.26 bits per heavy atom. The van der Waals surface area contributed by atoms with Crippen LogP contribution < -0.4 is 41.7 Å². The number of aromatic hydroxyl groups is 1. The highest BCUT2D eigenvalue weighted by Gasteiger charge is 2.35. The molecule has 0 bridgehead atoms. The average Bonchev–Trinajstić information content (AvgIpc) is 3.32. The summed E-state index contributed by atoms with van der Waals surface area (Å²) in [6.07, 6.45) is 0. The average molecular weight is 1220 g/mol. The van der Waals surface area contributed by atoms with Gasteiger partial charge in [-0.05, 0) is 67.4 Å². The third-order valence-electron chi connectivity index (χ3n) is 10.3. The molecule has 402 valence electrons. The summed E-state index contributed by atoms with van der Waals surface area (Å²) in [5.74, 6) is -6.88. The summed E-state index contributed by atoms with van der Waals surface area (Å²) in [4.78, 5) is 29.9. The van der Waals surface area contributed by atoms with Gasteiger partial charge in [0.25, 0.3) is 46.0 Å². The number of hydrogen-bond acceptors (Lipinski definition) is 24. The highest BCUT2D eigenvalue weighted by molar-refractivity contribution is 7.87. The number of anilines is 4. The molecule has 0 fully saturated rings. The van der Waals surface area contributed by atoms with E-state index < -0.39 is 166 Å². The maximum absolute atomic E-state index is 14.6. The molecule has 39 heteroatoms. The van der Waals surface area contributed by atoms with Gasteiger partial charge in [0.2, 0.25) is 23.1 Å². The van der Waals surface area contributed by atoms with E-state index in [2.05, 4.69) is 51.1 Å². The zero-order valence-corrected chi connectivity index (χ0v) is 43.5. The second-order valence-corrected chi connectivity index (χ2v) is 23.7. The van der Waals surface area contributed by atoms with Gasteiger partial charge in [0.05, 0.1) is 11.4 Å². The van der Waals surface area contributed by atoms with Gasteiger partial charge in [-0.25, -0.2) is 14.4 Å². The van der Waals surface area contributed by atoms with Crippen molar-refractivity contribution in [3.05, 3.63) is 89.7 Å². The Bertz CT molecular complexity index is 4390. The van der Waals surface area contributed by atoms with Gasteiger partial charge in [-0.3, -0.25) is 32.5 Å². The monoisotopic (exact) mass is 1210 g/mol. The Balaban J connectivity index is 1.08. The van der Waals surface area contributed by atoms with Gasteiger partial charge in [0, 0.05) is 18.2 Å². The first-order valence-corrected chi connectivity index (χ1v) is 28.5. The first-order valence-electron chi connectivity index (χ1n) is 20.0. The predicted molar refractivity (Wildman–Crippen MR) is 259 cm³/mol. The normalized spacial score (nSPS) is 13.7. The summed E-state index contributed by atoms with van der Waals surface area (Å²) in [6.45, 7) is 2.30.